The summed E-state index contributed by atoms with van der Waals surface area (Å²) in [5, 5.41) is 3.82. The fraction of sp³-hybridized carbons (Fsp3) is 0.269. The summed E-state index contributed by atoms with van der Waals surface area (Å²) < 4.78 is 16.0. The van der Waals surface area contributed by atoms with Crippen LogP contribution >= 0.6 is 11.3 Å². The van der Waals surface area contributed by atoms with E-state index < -0.39 is 0 Å². The summed E-state index contributed by atoms with van der Waals surface area (Å²) in [6.45, 7) is 4.21. The first-order chi connectivity index (χ1) is 17.1. The second-order valence-corrected chi connectivity index (χ2v) is 9.15. The number of rotatable bonds is 7. The number of pyridine rings is 1. The standard InChI is InChI=1S/C26H26N4O4S/c1-32-19-12-18(13-20(14-19)33-2)24(31)28-22-6-4-3-5-21(22)25-29-23-11-17(15-27-26(23)35-25)16-30-7-9-34-10-8-30/h3-6,11-15H,7-10,16H2,1-2H3,(H,28,31). The monoisotopic (exact) mass is 490 g/mol. The van der Waals surface area contributed by atoms with Crippen molar-refractivity contribution in [3.63, 3.8) is 0 Å². The number of aromatic nitrogens is 2. The largest absolute Gasteiger partial charge is 0.497 e. The molecule has 0 unspecified atom stereocenters. The minimum Gasteiger partial charge on any atom is -0.497 e. The van der Waals surface area contributed by atoms with E-state index in [1.807, 2.05) is 30.5 Å². The molecule has 1 aliphatic heterocycles. The summed E-state index contributed by atoms with van der Waals surface area (Å²) in [6, 6.07) is 14.8. The zero-order valence-electron chi connectivity index (χ0n) is 19.6. The van der Waals surface area contributed by atoms with E-state index >= 15 is 0 Å². The summed E-state index contributed by atoms with van der Waals surface area (Å²) in [5.41, 5.74) is 3.94. The lowest BCUT2D eigenvalue weighted by Crippen LogP contribution is -2.35. The van der Waals surface area contributed by atoms with Gasteiger partial charge in [-0.15, -0.1) is 0 Å². The Morgan fingerprint density at radius 1 is 1.09 bits per heavy atom. The zero-order chi connectivity index (χ0) is 24.2. The number of carbonyl (C=O) groups excluding carboxylic acids is 1. The number of nitrogens with one attached hydrogen (secondary N) is 1. The van der Waals surface area contributed by atoms with Crippen molar-refractivity contribution >= 4 is 33.3 Å². The second-order valence-electron chi connectivity index (χ2n) is 8.18. The quantitative estimate of drug-likeness (QED) is 0.409. The third-order valence-corrected chi connectivity index (χ3v) is 6.85. The Morgan fingerprint density at radius 2 is 1.83 bits per heavy atom. The highest BCUT2D eigenvalue weighted by atomic mass is 32.1. The predicted octanol–water partition coefficient (Wildman–Crippen LogP) is 4.46. The van der Waals surface area contributed by atoms with Crippen LogP contribution in [0.2, 0.25) is 0 Å². The van der Waals surface area contributed by atoms with Gasteiger partial charge in [-0.3, -0.25) is 9.69 Å². The maximum Gasteiger partial charge on any atom is 0.255 e. The van der Waals surface area contributed by atoms with Gasteiger partial charge < -0.3 is 19.5 Å². The molecule has 35 heavy (non-hydrogen) atoms. The Labute approximate surface area is 207 Å². The van der Waals surface area contributed by atoms with E-state index in [1.54, 1.807) is 32.4 Å². The first-order valence-corrected chi connectivity index (χ1v) is 12.1. The van der Waals surface area contributed by atoms with Crippen LogP contribution in [-0.2, 0) is 11.3 Å². The summed E-state index contributed by atoms with van der Waals surface area (Å²) >= 11 is 1.51. The van der Waals surface area contributed by atoms with Crippen molar-refractivity contribution in [2.75, 3.05) is 45.8 Å². The van der Waals surface area contributed by atoms with Gasteiger partial charge in [0.25, 0.3) is 5.91 Å². The molecular weight excluding hydrogens is 464 g/mol. The fourth-order valence-electron chi connectivity index (χ4n) is 4.00. The summed E-state index contributed by atoms with van der Waals surface area (Å²) in [5.74, 6) is 0.836. The Kier molecular flexibility index (Phi) is 6.89. The predicted molar refractivity (Wildman–Crippen MR) is 136 cm³/mol. The van der Waals surface area contributed by atoms with Crippen molar-refractivity contribution in [3.05, 3.63) is 65.9 Å². The highest BCUT2D eigenvalue weighted by Crippen LogP contribution is 2.34. The van der Waals surface area contributed by atoms with Gasteiger partial charge in [0.05, 0.1) is 33.1 Å². The minimum atomic E-state index is -0.262. The van der Waals surface area contributed by atoms with E-state index in [9.17, 15) is 4.79 Å². The van der Waals surface area contributed by atoms with E-state index in [2.05, 4.69) is 21.3 Å². The fourth-order valence-corrected chi connectivity index (χ4v) is 4.93. The number of morpholine rings is 1. The second kappa shape index (κ2) is 10.4. The third-order valence-electron chi connectivity index (χ3n) is 5.83. The lowest BCUT2D eigenvalue weighted by molar-refractivity contribution is 0.0341. The van der Waals surface area contributed by atoms with Crippen LogP contribution in [0.5, 0.6) is 11.5 Å². The van der Waals surface area contributed by atoms with Crippen LogP contribution in [0.15, 0.2) is 54.7 Å². The SMILES string of the molecule is COc1cc(OC)cc(C(=O)Nc2ccccc2-c2nc3cc(CN4CCOCC4)cnc3s2)c1. The van der Waals surface area contributed by atoms with Gasteiger partial charge >= 0.3 is 0 Å². The van der Waals surface area contributed by atoms with Gasteiger partial charge in [0.15, 0.2) is 0 Å². The number of thiazole rings is 1. The Bertz CT molecular complexity index is 1330. The summed E-state index contributed by atoms with van der Waals surface area (Å²) in [6.07, 6.45) is 1.92. The molecule has 3 heterocycles. The van der Waals surface area contributed by atoms with Crippen LogP contribution in [0.4, 0.5) is 5.69 Å². The molecule has 1 saturated heterocycles. The number of carbonyl (C=O) groups is 1. The number of para-hydroxylation sites is 1. The van der Waals surface area contributed by atoms with Gasteiger partial charge in [-0.2, -0.15) is 0 Å². The van der Waals surface area contributed by atoms with Crippen LogP contribution in [0.25, 0.3) is 20.9 Å². The highest BCUT2D eigenvalue weighted by Gasteiger charge is 2.17. The van der Waals surface area contributed by atoms with Gasteiger partial charge in [-0.25, -0.2) is 9.97 Å². The van der Waals surface area contributed by atoms with Crippen molar-refractivity contribution in [3.8, 4) is 22.1 Å². The molecule has 0 radical (unpaired) electrons. The van der Waals surface area contributed by atoms with Crippen molar-refractivity contribution < 1.29 is 19.0 Å². The number of hydrogen-bond donors (Lipinski definition) is 1. The molecule has 9 heteroatoms. The van der Waals surface area contributed by atoms with Gasteiger partial charge in [0, 0.05) is 43.0 Å². The number of ether oxygens (including phenoxy) is 3. The lowest BCUT2D eigenvalue weighted by Gasteiger charge is -2.26. The molecule has 0 atom stereocenters. The molecule has 1 N–H and O–H groups in total. The number of benzene rings is 2. The zero-order valence-corrected chi connectivity index (χ0v) is 20.4. The molecule has 1 amide bonds. The van der Waals surface area contributed by atoms with Gasteiger partial charge in [-0.1, -0.05) is 23.5 Å². The number of nitrogens with zero attached hydrogens (tertiary/aromatic N) is 3. The van der Waals surface area contributed by atoms with Crippen molar-refractivity contribution in [1.29, 1.82) is 0 Å². The van der Waals surface area contributed by atoms with E-state index in [1.165, 1.54) is 11.3 Å². The maximum atomic E-state index is 13.1. The van der Waals surface area contributed by atoms with E-state index in [-0.39, 0.29) is 5.91 Å². The Hall–Kier alpha value is -3.53. The Balaban J connectivity index is 1.40. The molecule has 0 saturated carbocycles. The summed E-state index contributed by atoms with van der Waals surface area (Å²) in [4.78, 5) is 25.8. The molecule has 8 nitrogen and oxygen atoms in total. The molecule has 2 aromatic heterocycles. The molecule has 2 aromatic carbocycles. The van der Waals surface area contributed by atoms with Crippen molar-refractivity contribution in [1.82, 2.24) is 14.9 Å². The van der Waals surface area contributed by atoms with Crippen LogP contribution in [0.1, 0.15) is 15.9 Å². The van der Waals surface area contributed by atoms with E-state index in [0.717, 1.165) is 59.3 Å². The van der Waals surface area contributed by atoms with Gasteiger partial charge in [-0.05, 0) is 35.9 Å². The van der Waals surface area contributed by atoms with Crippen LogP contribution in [0.3, 0.4) is 0 Å². The highest BCUT2D eigenvalue weighted by molar-refractivity contribution is 7.21. The van der Waals surface area contributed by atoms with Gasteiger partial charge in [0.1, 0.15) is 26.9 Å². The van der Waals surface area contributed by atoms with Crippen LogP contribution < -0.4 is 14.8 Å². The molecule has 5 rings (SSSR count). The molecule has 180 valence electrons. The summed E-state index contributed by atoms with van der Waals surface area (Å²) in [7, 11) is 3.11. The van der Waals surface area contributed by atoms with E-state index in [0.29, 0.717) is 22.7 Å². The molecule has 1 aliphatic rings. The number of amides is 1. The number of fused-ring (bicyclic) bond motifs is 1. The van der Waals surface area contributed by atoms with Crippen molar-refractivity contribution in [2.45, 2.75) is 6.54 Å². The molecular formula is C26H26N4O4S. The van der Waals surface area contributed by atoms with Crippen molar-refractivity contribution in [2.24, 2.45) is 0 Å². The number of anilines is 1. The first-order valence-electron chi connectivity index (χ1n) is 11.3. The Morgan fingerprint density at radius 3 is 2.57 bits per heavy atom. The maximum absolute atomic E-state index is 13.1. The average Bonchev–Trinajstić information content (AvgIpc) is 3.32. The molecule has 0 spiro atoms. The number of hydrogen-bond acceptors (Lipinski definition) is 8. The minimum absolute atomic E-state index is 0.262. The molecule has 0 bridgehead atoms. The first kappa shape index (κ1) is 23.2. The smallest absolute Gasteiger partial charge is 0.255 e. The third kappa shape index (κ3) is 5.27. The topological polar surface area (TPSA) is 85.8 Å². The lowest BCUT2D eigenvalue weighted by atomic mass is 10.1. The molecule has 1 fully saturated rings. The van der Waals surface area contributed by atoms with Crippen LogP contribution in [-0.4, -0.2) is 61.3 Å². The van der Waals surface area contributed by atoms with Gasteiger partial charge in [0.2, 0.25) is 0 Å². The molecule has 0 aliphatic carbocycles. The average molecular weight is 491 g/mol. The normalized spacial score (nSPS) is 14.1. The van der Waals surface area contributed by atoms with Crippen LogP contribution in [0, 0.1) is 0 Å². The number of methoxy groups -OCH3 is 2. The molecule has 4 aromatic rings. The van der Waals surface area contributed by atoms with E-state index in [4.69, 9.17) is 19.2 Å².